The lowest BCUT2D eigenvalue weighted by atomic mass is 10.0. The summed E-state index contributed by atoms with van der Waals surface area (Å²) in [6.07, 6.45) is 80.3. The highest BCUT2D eigenvalue weighted by Crippen LogP contribution is 2.38. The first-order valence-electron chi connectivity index (χ1n) is 31.8. The summed E-state index contributed by atoms with van der Waals surface area (Å²) in [5.41, 5.74) is 0. The van der Waals surface area contributed by atoms with Crippen LogP contribution in [0.2, 0.25) is 0 Å². The molecule has 1 N–H and O–H groups in total. The summed E-state index contributed by atoms with van der Waals surface area (Å²) in [4.78, 5) is 40.0. The van der Waals surface area contributed by atoms with Crippen LogP contribution in [0.5, 0.6) is 0 Å². The van der Waals surface area contributed by atoms with Crippen LogP contribution in [-0.2, 0) is 27.9 Å². The van der Waals surface area contributed by atoms with E-state index >= 15 is 0 Å². The molecule has 0 aromatic rings. The van der Waals surface area contributed by atoms with Gasteiger partial charge in [-0.25, -0.2) is 0 Å². The Morgan fingerprint density at radius 3 is 1.27 bits per heavy atom. The van der Waals surface area contributed by atoms with Gasteiger partial charge in [0.2, 0.25) is 5.91 Å². The van der Waals surface area contributed by atoms with Gasteiger partial charge in [0, 0.05) is 12.8 Å². The molecule has 0 saturated carbocycles. The van der Waals surface area contributed by atoms with E-state index in [1.54, 1.807) is 0 Å². The maximum atomic E-state index is 13.5. The smallest absolute Gasteiger partial charge is 0.306 e. The standard InChI is InChI=1S/C69H119N2O7P/c1-7-10-13-16-19-22-25-28-30-32-33-34-35-36-37-39-41-44-47-50-53-56-59-62-69(73)78-67(60-57-54-51-48-45-42-27-24-21-18-15-12-9-3)66(65-77-79(74,75)76-64-63-71(4,5)6)70-68(72)61-58-55-52-49-46-43-40-38-31-29-26-23-20-17-14-11-8-2/h10,13,19-20,22-23,28-31,33-34,36-37,40,43,49,52,57,60,66-67H,7-9,11-12,14-18,21,24-27,32,35,38-39,41-42,44-48,50-51,53-56,58-59,61-65H2,1-6H3,(H-,70,72,74,75)/b13-10-,22-19-,23-20-,30-28-,31-29-,34-33-,37-36-,43-40-,52-49-,60-57-. The quantitative estimate of drug-likeness (QED) is 0.0212. The molecule has 0 aromatic heterocycles. The maximum Gasteiger partial charge on any atom is 0.306 e. The lowest BCUT2D eigenvalue weighted by molar-refractivity contribution is -0.870. The van der Waals surface area contributed by atoms with Gasteiger partial charge < -0.3 is 28.5 Å². The highest BCUT2D eigenvalue weighted by atomic mass is 31.2. The molecule has 452 valence electrons. The van der Waals surface area contributed by atoms with Gasteiger partial charge in [-0.15, -0.1) is 0 Å². The Bertz CT molecular complexity index is 1770. The van der Waals surface area contributed by atoms with Crippen LogP contribution < -0.4 is 10.2 Å². The van der Waals surface area contributed by atoms with Gasteiger partial charge in [0.05, 0.1) is 33.8 Å². The number of ether oxygens (including phenoxy) is 1. The first-order chi connectivity index (χ1) is 38.4. The third-order valence-corrected chi connectivity index (χ3v) is 14.3. The van der Waals surface area contributed by atoms with Crippen LogP contribution >= 0.6 is 7.82 Å². The largest absolute Gasteiger partial charge is 0.756 e. The van der Waals surface area contributed by atoms with Gasteiger partial charge in [0.25, 0.3) is 7.82 Å². The molecular weight excluding hydrogens is 1000 g/mol. The Labute approximate surface area is 486 Å². The molecule has 0 spiro atoms. The van der Waals surface area contributed by atoms with Crippen molar-refractivity contribution in [3.63, 3.8) is 0 Å². The summed E-state index contributed by atoms with van der Waals surface area (Å²) in [7, 11) is 1.13. The van der Waals surface area contributed by atoms with Crippen LogP contribution in [-0.4, -0.2) is 69.4 Å². The highest BCUT2D eigenvalue weighted by molar-refractivity contribution is 7.45. The zero-order valence-electron chi connectivity index (χ0n) is 51.5. The number of rotatable bonds is 56. The van der Waals surface area contributed by atoms with Crippen molar-refractivity contribution >= 4 is 19.7 Å². The number of likely N-dealkylation sites (N-methyl/N-ethyl adjacent to an activating group) is 1. The molecule has 0 aliphatic heterocycles. The van der Waals surface area contributed by atoms with Crippen LogP contribution in [0.25, 0.3) is 0 Å². The Morgan fingerprint density at radius 2 is 0.823 bits per heavy atom. The Kier molecular flexibility index (Phi) is 55.0. The minimum absolute atomic E-state index is 0.0405. The van der Waals surface area contributed by atoms with Crippen molar-refractivity contribution in [3.05, 3.63) is 122 Å². The van der Waals surface area contributed by atoms with Crippen LogP contribution in [0.4, 0.5) is 0 Å². The van der Waals surface area contributed by atoms with Gasteiger partial charge in [-0.1, -0.05) is 245 Å². The van der Waals surface area contributed by atoms with Crippen molar-refractivity contribution in [1.82, 2.24) is 5.32 Å². The topological polar surface area (TPSA) is 114 Å². The highest BCUT2D eigenvalue weighted by Gasteiger charge is 2.27. The third-order valence-electron chi connectivity index (χ3n) is 13.4. The second-order valence-electron chi connectivity index (χ2n) is 22.2. The molecule has 0 aliphatic rings. The SMILES string of the molecule is CC/C=C\C/C=C\C/C=C\C/C=C\C/C=C\CCCCCCCCCC(=O)OC(/C=C\CCCCCCCCCCCCC)C(COP(=O)([O-])OCC[N+](C)(C)C)NC(=O)CCC/C=C\C/C=C\C/C=C\C/C=C\CCCCC. The van der Waals surface area contributed by atoms with E-state index < -0.39 is 26.6 Å². The third kappa shape index (κ3) is 58.9. The van der Waals surface area contributed by atoms with E-state index in [-0.39, 0.29) is 31.3 Å². The van der Waals surface area contributed by atoms with E-state index in [2.05, 4.69) is 135 Å². The van der Waals surface area contributed by atoms with E-state index in [0.717, 1.165) is 103 Å². The fourth-order valence-corrected chi connectivity index (χ4v) is 9.20. The summed E-state index contributed by atoms with van der Waals surface area (Å²) in [6.45, 7) is 6.64. The molecule has 0 rings (SSSR count). The van der Waals surface area contributed by atoms with Crippen molar-refractivity contribution < 1.29 is 37.3 Å². The number of allylic oxidation sites excluding steroid dienone is 19. The lowest BCUT2D eigenvalue weighted by Gasteiger charge is -2.30. The number of carbonyl (C=O) groups is 2. The number of unbranched alkanes of at least 4 members (excludes halogenated alkanes) is 22. The zero-order chi connectivity index (χ0) is 57.9. The summed E-state index contributed by atoms with van der Waals surface area (Å²) in [5, 5.41) is 2.99. The molecule has 0 saturated heterocycles. The number of quaternary nitrogens is 1. The molecule has 0 heterocycles. The number of phosphoric ester groups is 1. The summed E-state index contributed by atoms with van der Waals surface area (Å²) >= 11 is 0. The molecule has 0 fully saturated rings. The molecule has 10 heteroatoms. The molecule has 0 bridgehead atoms. The second-order valence-corrected chi connectivity index (χ2v) is 23.6. The number of nitrogens with one attached hydrogen (secondary N) is 1. The second kappa shape index (κ2) is 57.6. The molecule has 3 atom stereocenters. The molecule has 0 aromatic carbocycles. The minimum atomic E-state index is -4.73. The first-order valence-corrected chi connectivity index (χ1v) is 33.3. The zero-order valence-corrected chi connectivity index (χ0v) is 52.4. The van der Waals surface area contributed by atoms with Crippen molar-refractivity contribution in [3.8, 4) is 0 Å². The van der Waals surface area contributed by atoms with E-state index in [9.17, 15) is 19.0 Å². The molecule has 3 unspecified atom stereocenters. The minimum Gasteiger partial charge on any atom is -0.756 e. The molecule has 79 heavy (non-hydrogen) atoms. The van der Waals surface area contributed by atoms with Gasteiger partial charge in [-0.05, 0) is 115 Å². The van der Waals surface area contributed by atoms with Crippen molar-refractivity contribution in [2.45, 2.75) is 264 Å². The normalized spacial score (nSPS) is 14.5. The average molecular weight is 1120 g/mol. The number of esters is 1. The predicted molar refractivity (Wildman–Crippen MR) is 339 cm³/mol. The predicted octanol–water partition coefficient (Wildman–Crippen LogP) is 19.3. The van der Waals surface area contributed by atoms with Crippen LogP contribution in [0.15, 0.2) is 122 Å². The maximum absolute atomic E-state index is 13.5. The van der Waals surface area contributed by atoms with E-state index in [4.69, 9.17) is 13.8 Å². The number of nitrogens with zero attached hydrogens (tertiary/aromatic N) is 1. The van der Waals surface area contributed by atoms with Gasteiger partial charge in [0.15, 0.2) is 0 Å². The Morgan fingerprint density at radius 1 is 0.456 bits per heavy atom. The number of hydrogen-bond donors (Lipinski definition) is 1. The summed E-state index contributed by atoms with van der Waals surface area (Å²) in [5.74, 6) is -0.625. The Hall–Kier alpha value is -3.59. The Balaban J connectivity index is 5.35. The number of carbonyl (C=O) groups excluding carboxylic acids is 2. The molecule has 1 amide bonds. The first kappa shape index (κ1) is 75.4. The summed E-state index contributed by atoms with van der Waals surface area (Å²) < 4.78 is 30.3. The number of hydrogen-bond acceptors (Lipinski definition) is 7. The van der Waals surface area contributed by atoms with Gasteiger partial charge >= 0.3 is 5.97 Å². The van der Waals surface area contributed by atoms with Crippen molar-refractivity contribution in [1.29, 1.82) is 0 Å². The molecule has 0 aliphatic carbocycles. The number of phosphoric acid groups is 1. The lowest BCUT2D eigenvalue weighted by Crippen LogP contribution is -2.47. The van der Waals surface area contributed by atoms with E-state index in [1.807, 2.05) is 33.3 Å². The fraction of sp³-hybridized carbons (Fsp3) is 0.681. The van der Waals surface area contributed by atoms with Crippen LogP contribution in [0.1, 0.15) is 252 Å². The monoisotopic (exact) mass is 1120 g/mol. The fourth-order valence-electron chi connectivity index (χ4n) is 8.48. The van der Waals surface area contributed by atoms with Crippen LogP contribution in [0.3, 0.4) is 0 Å². The number of amides is 1. The van der Waals surface area contributed by atoms with E-state index in [1.165, 1.54) is 103 Å². The molecule has 9 nitrogen and oxygen atoms in total. The average Bonchev–Trinajstić information content (AvgIpc) is 3.41. The van der Waals surface area contributed by atoms with Gasteiger partial charge in [-0.3, -0.25) is 14.2 Å². The van der Waals surface area contributed by atoms with Crippen molar-refractivity contribution in [2.75, 3.05) is 40.9 Å². The van der Waals surface area contributed by atoms with Gasteiger partial charge in [-0.2, -0.15) is 0 Å². The van der Waals surface area contributed by atoms with E-state index in [0.29, 0.717) is 23.9 Å². The molecule has 0 radical (unpaired) electrons. The molecular formula is C69H119N2O7P. The van der Waals surface area contributed by atoms with Crippen molar-refractivity contribution in [2.24, 2.45) is 0 Å². The van der Waals surface area contributed by atoms with Crippen LogP contribution in [0, 0.1) is 0 Å². The summed E-state index contributed by atoms with van der Waals surface area (Å²) in [6, 6.07) is -0.930. The van der Waals surface area contributed by atoms with Gasteiger partial charge in [0.1, 0.15) is 19.3 Å².